The molecule has 0 spiro atoms. The molecule has 0 saturated carbocycles. The van der Waals surface area contributed by atoms with Crippen LogP contribution in [0.1, 0.15) is 70.3 Å². The zero-order valence-electron chi connectivity index (χ0n) is 19.2. The number of nitrogens with one attached hydrogen (secondary N) is 1. The summed E-state index contributed by atoms with van der Waals surface area (Å²) in [5.74, 6) is 0. The quantitative estimate of drug-likeness (QED) is 0.286. The monoisotopic (exact) mass is 419 g/mol. The van der Waals surface area contributed by atoms with E-state index in [0.717, 1.165) is 43.5 Å². The first kappa shape index (κ1) is 26.0. The fourth-order valence-electron chi connectivity index (χ4n) is 3.34. The van der Waals surface area contributed by atoms with Crippen molar-refractivity contribution in [3.8, 4) is 0 Å². The Bertz CT molecular complexity index is 593. The van der Waals surface area contributed by atoms with Crippen LogP contribution in [-0.2, 0) is 16.1 Å². The Labute approximate surface area is 183 Å². The Kier molecular flexibility index (Phi) is 14.4. The maximum absolute atomic E-state index is 11.9. The molecule has 30 heavy (non-hydrogen) atoms. The van der Waals surface area contributed by atoms with Crippen LogP contribution in [0.2, 0.25) is 0 Å². The van der Waals surface area contributed by atoms with Gasteiger partial charge in [0.15, 0.2) is 0 Å². The molecular weight excluding hydrogens is 378 g/mol. The van der Waals surface area contributed by atoms with Crippen LogP contribution in [-0.4, -0.2) is 51.1 Å². The summed E-state index contributed by atoms with van der Waals surface area (Å²) in [6.07, 6.45) is 11.2. The zero-order chi connectivity index (χ0) is 22.0. The average molecular weight is 420 g/mol. The molecule has 0 aliphatic rings. The van der Waals surface area contributed by atoms with Gasteiger partial charge in [0.05, 0.1) is 0 Å². The molecule has 170 valence electrons. The minimum atomic E-state index is -0.427. The van der Waals surface area contributed by atoms with E-state index in [1.54, 1.807) is 4.90 Å². The average Bonchev–Trinajstić information content (AvgIpc) is 2.74. The first-order chi connectivity index (χ1) is 14.6. The Morgan fingerprint density at radius 3 is 2.30 bits per heavy atom. The molecule has 6 nitrogen and oxygen atoms in total. The number of hydrogen-bond acceptors (Lipinski definition) is 4. The number of rotatable bonds is 17. The lowest BCUT2D eigenvalue weighted by Crippen LogP contribution is -2.28. The highest BCUT2D eigenvalue weighted by Crippen LogP contribution is 2.21. The highest BCUT2D eigenvalue weighted by molar-refractivity contribution is 5.77. The number of benzene rings is 1. The van der Waals surface area contributed by atoms with Crippen molar-refractivity contribution < 1.29 is 14.3 Å². The van der Waals surface area contributed by atoms with Gasteiger partial charge in [0.1, 0.15) is 6.61 Å². The molecular formula is C24H41N3O3. The number of anilines is 1. The lowest BCUT2D eigenvalue weighted by molar-refractivity contribution is -0.107. The molecule has 1 aromatic carbocycles. The van der Waals surface area contributed by atoms with Gasteiger partial charge in [-0.25, -0.2) is 4.79 Å². The van der Waals surface area contributed by atoms with E-state index in [9.17, 15) is 9.59 Å². The van der Waals surface area contributed by atoms with Crippen LogP contribution in [0.5, 0.6) is 0 Å². The standard InChI is InChI=1S/C24H41N3O3/c1-4-5-6-7-8-9-10-13-19-27(21-28)23-16-12-11-15-22(23)20-30-24(29)25-17-14-18-26(2)3/h11-12,15-16,21H,4-10,13-14,17-20H2,1-3H3,(H,25,29). The molecule has 0 atom stereocenters. The van der Waals surface area contributed by atoms with Crippen molar-refractivity contribution in [3.63, 3.8) is 0 Å². The molecule has 0 radical (unpaired) electrons. The van der Waals surface area contributed by atoms with Gasteiger partial charge in [-0.15, -0.1) is 0 Å². The van der Waals surface area contributed by atoms with Crippen LogP contribution in [0.3, 0.4) is 0 Å². The van der Waals surface area contributed by atoms with Crippen LogP contribution >= 0.6 is 0 Å². The number of nitrogens with zero attached hydrogens (tertiary/aromatic N) is 2. The molecule has 1 aromatic rings. The molecule has 0 aliphatic heterocycles. The normalized spacial score (nSPS) is 10.8. The van der Waals surface area contributed by atoms with Crippen molar-refractivity contribution in [2.75, 3.05) is 38.6 Å². The molecule has 0 saturated heterocycles. The highest BCUT2D eigenvalue weighted by atomic mass is 16.5. The summed E-state index contributed by atoms with van der Waals surface area (Å²) in [5, 5.41) is 2.77. The van der Waals surface area contributed by atoms with Crippen LogP contribution in [0, 0.1) is 0 Å². The van der Waals surface area contributed by atoms with Crippen molar-refractivity contribution in [2.45, 2.75) is 71.3 Å². The minimum absolute atomic E-state index is 0.150. The number of para-hydroxylation sites is 1. The molecule has 1 N–H and O–H groups in total. The highest BCUT2D eigenvalue weighted by Gasteiger charge is 2.12. The van der Waals surface area contributed by atoms with Crippen molar-refractivity contribution in [1.29, 1.82) is 0 Å². The number of unbranched alkanes of at least 4 members (excludes halogenated alkanes) is 7. The van der Waals surface area contributed by atoms with Crippen LogP contribution in [0.15, 0.2) is 24.3 Å². The van der Waals surface area contributed by atoms with Gasteiger partial charge >= 0.3 is 6.09 Å². The number of amides is 2. The molecule has 2 amide bonds. The third kappa shape index (κ3) is 11.8. The van der Waals surface area contributed by atoms with Gasteiger partial charge < -0.3 is 19.9 Å². The van der Waals surface area contributed by atoms with Crippen molar-refractivity contribution in [3.05, 3.63) is 29.8 Å². The second kappa shape index (κ2) is 16.7. The van der Waals surface area contributed by atoms with Gasteiger partial charge in [-0.1, -0.05) is 70.1 Å². The third-order valence-corrected chi connectivity index (χ3v) is 5.09. The summed E-state index contributed by atoms with van der Waals surface area (Å²) in [6.45, 7) is 4.56. The predicted molar refractivity (Wildman–Crippen MR) is 124 cm³/mol. The summed E-state index contributed by atoms with van der Waals surface area (Å²) in [4.78, 5) is 27.4. The minimum Gasteiger partial charge on any atom is -0.445 e. The molecule has 6 heteroatoms. The van der Waals surface area contributed by atoms with E-state index in [1.165, 1.54) is 38.5 Å². The fraction of sp³-hybridized carbons (Fsp3) is 0.667. The maximum atomic E-state index is 11.9. The number of alkyl carbamates (subject to hydrolysis) is 1. The Hall–Kier alpha value is -2.08. The Morgan fingerprint density at radius 2 is 1.63 bits per heavy atom. The molecule has 1 rings (SSSR count). The largest absolute Gasteiger partial charge is 0.445 e. The lowest BCUT2D eigenvalue weighted by Gasteiger charge is -2.21. The zero-order valence-corrected chi connectivity index (χ0v) is 19.2. The first-order valence-corrected chi connectivity index (χ1v) is 11.4. The van der Waals surface area contributed by atoms with E-state index < -0.39 is 6.09 Å². The van der Waals surface area contributed by atoms with E-state index in [4.69, 9.17) is 4.74 Å². The Morgan fingerprint density at radius 1 is 0.967 bits per heavy atom. The van der Waals surface area contributed by atoms with Gasteiger partial charge in [-0.05, 0) is 39.5 Å². The predicted octanol–water partition coefficient (Wildman–Crippen LogP) is 4.97. The van der Waals surface area contributed by atoms with E-state index in [1.807, 2.05) is 38.4 Å². The summed E-state index contributed by atoms with van der Waals surface area (Å²) in [7, 11) is 4.00. The smallest absolute Gasteiger partial charge is 0.407 e. The summed E-state index contributed by atoms with van der Waals surface area (Å²) in [5.41, 5.74) is 1.66. The number of carbonyl (C=O) groups is 2. The molecule has 0 unspecified atom stereocenters. The number of hydrogen-bond donors (Lipinski definition) is 1. The second-order valence-corrected chi connectivity index (χ2v) is 8.06. The van der Waals surface area contributed by atoms with Gasteiger partial charge in [0.2, 0.25) is 6.41 Å². The van der Waals surface area contributed by atoms with Crippen molar-refractivity contribution in [2.24, 2.45) is 0 Å². The van der Waals surface area contributed by atoms with Gasteiger partial charge in [-0.3, -0.25) is 4.79 Å². The molecule has 0 bridgehead atoms. The lowest BCUT2D eigenvalue weighted by atomic mass is 10.1. The number of ether oxygens (including phenoxy) is 1. The topological polar surface area (TPSA) is 61.9 Å². The maximum Gasteiger partial charge on any atom is 0.407 e. The molecule has 0 aliphatic carbocycles. The fourth-order valence-corrected chi connectivity index (χ4v) is 3.34. The molecule has 0 aromatic heterocycles. The summed E-state index contributed by atoms with van der Waals surface area (Å²) >= 11 is 0. The van der Waals surface area contributed by atoms with Crippen LogP contribution < -0.4 is 10.2 Å². The van der Waals surface area contributed by atoms with Crippen LogP contribution in [0.4, 0.5) is 10.5 Å². The van der Waals surface area contributed by atoms with Gasteiger partial charge in [-0.2, -0.15) is 0 Å². The Balaban J connectivity index is 2.40. The van der Waals surface area contributed by atoms with E-state index in [0.29, 0.717) is 13.1 Å². The van der Waals surface area contributed by atoms with Crippen molar-refractivity contribution >= 4 is 18.2 Å². The molecule has 0 heterocycles. The first-order valence-electron chi connectivity index (χ1n) is 11.4. The molecule has 0 fully saturated rings. The van der Waals surface area contributed by atoms with Crippen molar-refractivity contribution in [1.82, 2.24) is 10.2 Å². The van der Waals surface area contributed by atoms with E-state index >= 15 is 0 Å². The summed E-state index contributed by atoms with van der Waals surface area (Å²) in [6, 6.07) is 7.62. The summed E-state index contributed by atoms with van der Waals surface area (Å²) < 4.78 is 5.35. The SMILES string of the molecule is CCCCCCCCCCN(C=O)c1ccccc1COC(=O)NCCCN(C)C. The third-order valence-electron chi connectivity index (χ3n) is 5.09. The number of carbonyl (C=O) groups excluding carboxylic acids is 2. The van der Waals surface area contributed by atoms with E-state index in [-0.39, 0.29) is 6.61 Å². The van der Waals surface area contributed by atoms with Crippen LogP contribution in [0.25, 0.3) is 0 Å². The van der Waals surface area contributed by atoms with Gasteiger partial charge in [0, 0.05) is 24.3 Å². The second-order valence-electron chi connectivity index (χ2n) is 8.06. The van der Waals surface area contributed by atoms with Gasteiger partial charge in [0.25, 0.3) is 0 Å². The van der Waals surface area contributed by atoms with E-state index in [2.05, 4.69) is 17.1 Å².